The molecular formula is C20H32N4O3. The first kappa shape index (κ1) is 19.7. The molecule has 1 aliphatic heterocycles. The molecule has 0 aromatic carbocycles. The standard InChI is InChI=1S/C20H32N4O3/c1-2-26-11-4-9-21-20(22-10-8-18-5-3-12-27-18)23-14-16-13-19(25)24(15-16)17-6-7-17/h3,5,12,16-17H,2,4,6-11,13-15H2,1H3,(H2,21,22,23). The summed E-state index contributed by atoms with van der Waals surface area (Å²) in [4.78, 5) is 18.9. The van der Waals surface area contributed by atoms with Gasteiger partial charge in [0.2, 0.25) is 5.91 Å². The van der Waals surface area contributed by atoms with E-state index in [1.165, 1.54) is 12.8 Å². The molecule has 7 heteroatoms. The fourth-order valence-corrected chi connectivity index (χ4v) is 3.35. The number of furan rings is 1. The number of likely N-dealkylation sites (tertiary alicyclic amines) is 1. The summed E-state index contributed by atoms with van der Waals surface area (Å²) in [5.41, 5.74) is 0. The molecule has 1 unspecified atom stereocenters. The first-order valence-corrected chi connectivity index (χ1v) is 10.2. The summed E-state index contributed by atoms with van der Waals surface area (Å²) in [7, 11) is 0. The van der Waals surface area contributed by atoms with Gasteiger partial charge in [-0.15, -0.1) is 0 Å². The SMILES string of the molecule is CCOCCCNC(=NCC1CC(=O)N(C2CC2)C1)NCCc1ccco1. The Morgan fingerprint density at radius 3 is 2.96 bits per heavy atom. The van der Waals surface area contributed by atoms with Crippen LogP contribution in [0.1, 0.15) is 38.4 Å². The molecular weight excluding hydrogens is 344 g/mol. The number of guanidine groups is 1. The summed E-state index contributed by atoms with van der Waals surface area (Å²) in [5, 5.41) is 6.74. The zero-order chi connectivity index (χ0) is 18.9. The van der Waals surface area contributed by atoms with Crippen LogP contribution in [-0.4, -0.2) is 62.2 Å². The highest BCUT2D eigenvalue weighted by Gasteiger charge is 2.39. The fraction of sp³-hybridized carbons (Fsp3) is 0.700. The van der Waals surface area contributed by atoms with Crippen LogP contribution in [0.3, 0.4) is 0 Å². The van der Waals surface area contributed by atoms with Crippen LogP contribution in [0.25, 0.3) is 0 Å². The quantitative estimate of drug-likeness (QED) is 0.350. The lowest BCUT2D eigenvalue weighted by Gasteiger charge is -2.15. The van der Waals surface area contributed by atoms with Gasteiger partial charge in [0.05, 0.1) is 6.26 Å². The Morgan fingerprint density at radius 2 is 2.22 bits per heavy atom. The molecule has 0 radical (unpaired) electrons. The van der Waals surface area contributed by atoms with E-state index in [0.717, 1.165) is 57.4 Å². The van der Waals surface area contributed by atoms with E-state index >= 15 is 0 Å². The Balaban J connectivity index is 1.44. The number of hydrogen-bond donors (Lipinski definition) is 2. The van der Waals surface area contributed by atoms with Crippen LogP contribution in [0, 0.1) is 5.92 Å². The van der Waals surface area contributed by atoms with Gasteiger partial charge in [-0.2, -0.15) is 0 Å². The lowest BCUT2D eigenvalue weighted by molar-refractivity contribution is -0.128. The van der Waals surface area contributed by atoms with Crippen molar-refractivity contribution < 1.29 is 13.9 Å². The molecule has 0 spiro atoms. The van der Waals surface area contributed by atoms with Crippen molar-refractivity contribution in [3.63, 3.8) is 0 Å². The minimum atomic E-state index is 0.301. The van der Waals surface area contributed by atoms with Gasteiger partial charge < -0.3 is 24.7 Å². The number of nitrogens with zero attached hydrogens (tertiary/aromatic N) is 2. The van der Waals surface area contributed by atoms with Gasteiger partial charge in [-0.25, -0.2) is 0 Å². The zero-order valence-corrected chi connectivity index (χ0v) is 16.3. The highest BCUT2D eigenvalue weighted by atomic mass is 16.5. The van der Waals surface area contributed by atoms with Crippen molar-refractivity contribution in [3.05, 3.63) is 24.2 Å². The summed E-state index contributed by atoms with van der Waals surface area (Å²) in [6.45, 7) is 6.59. The summed E-state index contributed by atoms with van der Waals surface area (Å²) in [6.07, 6.45) is 6.41. The van der Waals surface area contributed by atoms with E-state index in [1.807, 2.05) is 19.1 Å². The van der Waals surface area contributed by atoms with E-state index in [2.05, 4.69) is 15.5 Å². The maximum Gasteiger partial charge on any atom is 0.223 e. The van der Waals surface area contributed by atoms with Crippen molar-refractivity contribution >= 4 is 11.9 Å². The Bertz CT molecular complexity index is 598. The second kappa shape index (κ2) is 10.3. The molecule has 3 rings (SSSR count). The van der Waals surface area contributed by atoms with Gasteiger partial charge in [0.1, 0.15) is 5.76 Å². The molecule has 0 bridgehead atoms. The molecule has 1 aliphatic carbocycles. The van der Waals surface area contributed by atoms with E-state index in [0.29, 0.717) is 30.8 Å². The number of ether oxygens (including phenoxy) is 1. The lowest BCUT2D eigenvalue weighted by Crippen LogP contribution is -2.39. The highest BCUT2D eigenvalue weighted by molar-refractivity contribution is 5.81. The fourth-order valence-electron chi connectivity index (χ4n) is 3.35. The van der Waals surface area contributed by atoms with Crippen molar-refractivity contribution in [1.29, 1.82) is 0 Å². The highest BCUT2D eigenvalue weighted by Crippen LogP contribution is 2.32. The minimum Gasteiger partial charge on any atom is -0.469 e. The van der Waals surface area contributed by atoms with E-state index in [1.54, 1.807) is 6.26 Å². The first-order valence-electron chi connectivity index (χ1n) is 10.2. The van der Waals surface area contributed by atoms with E-state index < -0.39 is 0 Å². The molecule has 150 valence electrons. The van der Waals surface area contributed by atoms with Gasteiger partial charge >= 0.3 is 0 Å². The molecule has 2 fully saturated rings. The first-order chi connectivity index (χ1) is 13.3. The third-order valence-corrected chi connectivity index (χ3v) is 4.94. The zero-order valence-electron chi connectivity index (χ0n) is 16.3. The van der Waals surface area contributed by atoms with Crippen molar-refractivity contribution in [2.45, 2.75) is 45.1 Å². The predicted octanol–water partition coefficient (Wildman–Crippen LogP) is 1.79. The predicted molar refractivity (Wildman–Crippen MR) is 105 cm³/mol. The number of amides is 1. The topological polar surface area (TPSA) is 79.1 Å². The van der Waals surface area contributed by atoms with Crippen LogP contribution < -0.4 is 10.6 Å². The second-order valence-corrected chi connectivity index (χ2v) is 7.27. The number of nitrogens with one attached hydrogen (secondary N) is 2. The summed E-state index contributed by atoms with van der Waals surface area (Å²) >= 11 is 0. The smallest absolute Gasteiger partial charge is 0.223 e. The van der Waals surface area contributed by atoms with Gasteiger partial charge in [0, 0.05) is 64.2 Å². The molecule has 7 nitrogen and oxygen atoms in total. The maximum absolute atomic E-state index is 12.1. The minimum absolute atomic E-state index is 0.301. The van der Waals surface area contributed by atoms with Crippen LogP contribution in [0.4, 0.5) is 0 Å². The lowest BCUT2D eigenvalue weighted by atomic mass is 10.1. The average molecular weight is 377 g/mol. The summed E-state index contributed by atoms with van der Waals surface area (Å²) in [5.74, 6) is 2.38. The average Bonchev–Trinajstić information content (AvgIpc) is 3.24. The molecule has 1 amide bonds. The molecule has 1 saturated heterocycles. The van der Waals surface area contributed by atoms with Crippen LogP contribution >= 0.6 is 0 Å². The van der Waals surface area contributed by atoms with Gasteiger partial charge in [-0.1, -0.05) is 0 Å². The van der Waals surface area contributed by atoms with Crippen molar-refractivity contribution in [2.24, 2.45) is 10.9 Å². The van der Waals surface area contributed by atoms with Crippen LogP contribution in [-0.2, 0) is 16.0 Å². The molecule has 1 atom stereocenters. The number of aliphatic imine (C=N–C) groups is 1. The maximum atomic E-state index is 12.1. The Kier molecular flexibility index (Phi) is 7.56. The second-order valence-electron chi connectivity index (χ2n) is 7.27. The van der Waals surface area contributed by atoms with Gasteiger partial charge in [0.25, 0.3) is 0 Å². The molecule has 1 aromatic rings. The third kappa shape index (κ3) is 6.57. The summed E-state index contributed by atoms with van der Waals surface area (Å²) < 4.78 is 10.8. The van der Waals surface area contributed by atoms with Crippen LogP contribution in [0.5, 0.6) is 0 Å². The molecule has 2 heterocycles. The third-order valence-electron chi connectivity index (χ3n) is 4.94. The molecule has 1 aromatic heterocycles. The Hall–Kier alpha value is -2.02. The van der Waals surface area contributed by atoms with E-state index in [-0.39, 0.29) is 0 Å². The molecule has 2 aliphatic rings. The van der Waals surface area contributed by atoms with Gasteiger partial charge in [-0.05, 0) is 38.3 Å². The Morgan fingerprint density at radius 1 is 1.37 bits per heavy atom. The molecule has 2 N–H and O–H groups in total. The van der Waals surface area contributed by atoms with Crippen molar-refractivity contribution in [2.75, 3.05) is 39.4 Å². The number of carbonyl (C=O) groups is 1. The monoisotopic (exact) mass is 376 g/mol. The van der Waals surface area contributed by atoms with Crippen molar-refractivity contribution in [1.82, 2.24) is 15.5 Å². The molecule has 27 heavy (non-hydrogen) atoms. The molecule has 1 saturated carbocycles. The van der Waals surface area contributed by atoms with Gasteiger partial charge in [-0.3, -0.25) is 9.79 Å². The van der Waals surface area contributed by atoms with E-state index in [4.69, 9.17) is 14.1 Å². The van der Waals surface area contributed by atoms with Crippen molar-refractivity contribution in [3.8, 4) is 0 Å². The van der Waals surface area contributed by atoms with Crippen LogP contribution in [0.2, 0.25) is 0 Å². The van der Waals surface area contributed by atoms with Gasteiger partial charge in [0.15, 0.2) is 5.96 Å². The van der Waals surface area contributed by atoms with E-state index in [9.17, 15) is 4.79 Å². The number of rotatable bonds is 11. The summed E-state index contributed by atoms with van der Waals surface area (Å²) in [6, 6.07) is 4.39. The Labute approximate surface area is 161 Å². The number of carbonyl (C=O) groups excluding carboxylic acids is 1. The normalized spacial score (nSPS) is 20.3. The van der Waals surface area contributed by atoms with Crippen LogP contribution in [0.15, 0.2) is 27.8 Å². The number of hydrogen-bond acceptors (Lipinski definition) is 4. The largest absolute Gasteiger partial charge is 0.469 e.